The Kier molecular flexibility index (Phi) is 3.61. The molecule has 2 heterocycles. The van der Waals surface area contributed by atoms with Crippen LogP contribution in [0.4, 0.5) is 10.8 Å². The molecule has 0 amide bonds. The zero-order chi connectivity index (χ0) is 14.7. The van der Waals surface area contributed by atoms with Gasteiger partial charge in [-0.2, -0.15) is 0 Å². The van der Waals surface area contributed by atoms with Crippen LogP contribution in [0.15, 0.2) is 50.9 Å². The van der Waals surface area contributed by atoms with Gasteiger partial charge in [-0.3, -0.25) is 15.0 Å². The molecule has 2 aromatic heterocycles. The number of hydrogen-bond acceptors (Lipinski definition) is 6. The molecule has 3 rings (SSSR count). The van der Waals surface area contributed by atoms with Gasteiger partial charge in [0.25, 0.3) is 5.56 Å². The standard InChI is InChI=1S/C13H11N5O2S/c1-20-9-5-3-2-4-8(9)10-11(12(19)17-15-10)16-18-13-14-6-7-21-13/h2-7H,1H3,(H2,15,17,19). The van der Waals surface area contributed by atoms with Crippen LogP contribution in [0.3, 0.4) is 0 Å². The van der Waals surface area contributed by atoms with Gasteiger partial charge in [-0.25, -0.2) is 4.98 Å². The van der Waals surface area contributed by atoms with Crippen molar-refractivity contribution < 1.29 is 4.74 Å². The summed E-state index contributed by atoms with van der Waals surface area (Å²) in [5.41, 5.74) is 1.09. The first-order chi connectivity index (χ1) is 10.3. The Balaban J connectivity index is 2.07. The van der Waals surface area contributed by atoms with Crippen LogP contribution in [0.5, 0.6) is 5.75 Å². The Morgan fingerprint density at radius 3 is 2.86 bits per heavy atom. The molecular weight excluding hydrogens is 290 g/mol. The number of ether oxygens (including phenoxy) is 1. The number of nitrogens with one attached hydrogen (secondary N) is 2. The van der Waals surface area contributed by atoms with Gasteiger partial charge >= 0.3 is 0 Å². The predicted molar refractivity (Wildman–Crippen MR) is 79.7 cm³/mol. The molecule has 8 heteroatoms. The summed E-state index contributed by atoms with van der Waals surface area (Å²) in [4.78, 5) is 15.9. The lowest BCUT2D eigenvalue weighted by atomic mass is 10.1. The molecule has 0 saturated heterocycles. The van der Waals surface area contributed by atoms with Gasteiger partial charge in [0.1, 0.15) is 5.75 Å². The highest BCUT2D eigenvalue weighted by molar-refractivity contribution is 7.13. The number of methoxy groups -OCH3 is 1. The molecule has 7 nitrogen and oxygen atoms in total. The molecule has 106 valence electrons. The van der Waals surface area contributed by atoms with E-state index in [1.165, 1.54) is 11.3 Å². The molecule has 21 heavy (non-hydrogen) atoms. The number of azo groups is 1. The lowest BCUT2D eigenvalue weighted by Crippen LogP contribution is -1.96. The number of thiazole rings is 1. The first-order valence-electron chi connectivity index (χ1n) is 6.05. The van der Waals surface area contributed by atoms with Crippen molar-refractivity contribution in [1.29, 1.82) is 0 Å². The fourth-order valence-electron chi connectivity index (χ4n) is 1.85. The summed E-state index contributed by atoms with van der Waals surface area (Å²) in [6.45, 7) is 0. The molecule has 0 aliphatic heterocycles. The van der Waals surface area contributed by atoms with E-state index >= 15 is 0 Å². The van der Waals surface area contributed by atoms with E-state index in [9.17, 15) is 4.79 Å². The molecule has 0 aliphatic rings. The number of benzene rings is 1. The highest BCUT2D eigenvalue weighted by atomic mass is 32.1. The van der Waals surface area contributed by atoms with Gasteiger partial charge in [-0.1, -0.05) is 12.1 Å². The van der Waals surface area contributed by atoms with Gasteiger partial charge in [0, 0.05) is 17.1 Å². The Morgan fingerprint density at radius 2 is 2.10 bits per heavy atom. The second-order valence-electron chi connectivity index (χ2n) is 4.02. The van der Waals surface area contributed by atoms with Crippen molar-refractivity contribution in [3.63, 3.8) is 0 Å². The molecule has 2 N–H and O–H groups in total. The highest BCUT2D eigenvalue weighted by Gasteiger charge is 2.15. The molecule has 3 aromatic rings. The Morgan fingerprint density at radius 1 is 1.24 bits per heavy atom. The molecule has 0 unspecified atom stereocenters. The van der Waals surface area contributed by atoms with Gasteiger partial charge in [-0.15, -0.1) is 21.6 Å². The maximum absolute atomic E-state index is 11.9. The van der Waals surface area contributed by atoms with Gasteiger partial charge < -0.3 is 4.74 Å². The van der Waals surface area contributed by atoms with E-state index in [0.717, 1.165) is 5.56 Å². The van der Waals surface area contributed by atoms with Crippen molar-refractivity contribution >= 4 is 22.2 Å². The molecular formula is C13H11N5O2S. The molecule has 0 bridgehead atoms. The molecule has 0 aliphatic carbocycles. The molecule has 0 fully saturated rings. The van der Waals surface area contributed by atoms with Gasteiger partial charge in [0.15, 0.2) is 5.69 Å². The van der Waals surface area contributed by atoms with Crippen molar-refractivity contribution in [3.05, 3.63) is 46.2 Å². The van der Waals surface area contributed by atoms with Crippen molar-refractivity contribution in [2.24, 2.45) is 10.2 Å². The number of nitrogens with zero attached hydrogens (tertiary/aromatic N) is 3. The largest absolute Gasteiger partial charge is 0.496 e. The van der Waals surface area contributed by atoms with Crippen LogP contribution in [0.25, 0.3) is 11.3 Å². The van der Waals surface area contributed by atoms with E-state index in [0.29, 0.717) is 16.6 Å². The monoisotopic (exact) mass is 301 g/mol. The van der Waals surface area contributed by atoms with Crippen LogP contribution < -0.4 is 10.3 Å². The van der Waals surface area contributed by atoms with Crippen molar-refractivity contribution in [2.45, 2.75) is 0 Å². The van der Waals surface area contributed by atoms with E-state index in [-0.39, 0.29) is 11.2 Å². The second-order valence-corrected chi connectivity index (χ2v) is 4.89. The highest BCUT2D eigenvalue weighted by Crippen LogP contribution is 2.33. The summed E-state index contributed by atoms with van der Waals surface area (Å²) in [7, 11) is 1.57. The number of aromatic amines is 2. The molecule has 1 aromatic carbocycles. The smallest absolute Gasteiger partial charge is 0.292 e. The minimum absolute atomic E-state index is 0.190. The van der Waals surface area contributed by atoms with Crippen molar-refractivity contribution in [2.75, 3.05) is 7.11 Å². The Bertz CT molecular complexity index is 819. The Hall–Kier alpha value is -2.74. The molecule has 0 saturated carbocycles. The summed E-state index contributed by atoms with van der Waals surface area (Å²) in [6.07, 6.45) is 1.63. The number of aromatic nitrogens is 3. The van der Waals surface area contributed by atoms with E-state index in [2.05, 4.69) is 25.4 Å². The van der Waals surface area contributed by atoms with Crippen molar-refractivity contribution in [3.8, 4) is 17.0 Å². The fourth-order valence-corrected chi connectivity index (χ4v) is 2.30. The average molecular weight is 301 g/mol. The third-order valence-electron chi connectivity index (χ3n) is 2.78. The number of para-hydroxylation sites is 1. The summed E-state index contributed by atoms with van der Waals surface area (Å²) in [6, 6.07) is 7.34. The maximum atomic E-state index is 11.9. The molecule has 0 spiro atoms. The number of H-pyrrole nitrogens is 2. The average Bonchev–Trinajstić information content (AvgIpc) is 3.15. The van der Waals surface area contributed by atoms with Gasteiger partial charge in [0.2, 0.25) is 5.13 Å². The molecule has 0 radical (unpaired) electrons. The normalized spacial score (nSPS) is 11.1. The zero-order valence-electron chi connectivity index (χ0n) is 11.0. The lowest BCUT2D eigenvalue weighted by Gasteiger charge is -2.06. The first-order valence-corrected chi connectivity index (χ1v) is 6.93. The maximum Gasteiger partial charge on any atom is 0.292 e. The second kappa shape index (κ2) is 5.71. The van der Waals surface area contributed by atoms with E-state index in [4.69, 9.17) is 4.74 Å². The summed E-state index contributed by atoms with van der Waals surface area (Å²) < 4.78 is 5.30. The fraction of sp³-hybridized carbons (Fsp3) is 0.0769. The summed E-state index contributed by atoms with van der Waals surface area (Å²) in [5.74, 6) is 0.637. The quantitative estimate of drug-likeness (QED) is 0.724. The number of rotatable bonds is 4. The third kappa shape index (κ3) is 2.61. The number of hydrogen-bond donors (Lipinski definition) is 2. The van der Waals surface area contributed by atoms with Crippen LogP contribution >= 0.6 is 11.3 Å². The van der Waals surface area contributed by atoms with E-state index in [1.54, 1.807) is 18.7 Å². The van der Waals surface area contributed by atoms with Gasteiger partial charge in [0.05, 0.1) is 12.8 Å². The van der Waals surface area contributed by atoms with Crippen LogP contribution in [-0.2, 0) is 0 Å². The van der Waals surface area contributed by atoms with Gasteiger partial charge in [-0.05, 0) is 12.1 Å². The predicted octanol–water partition coefficient (Wildman–Crippen LogP) is 3.25. The van der Waals surface area contributed by atoms with Crippen LogP contribution in [0.1, 0.15) is 0 Å². The van der Waals surface area contributed by atoms with Crippen LogP contribution in [0.2, 0.25) is 0 Å². The van der Waals surface area contributed by atoms with Crippen LogP contribution in [-0.4, -0.2) is 22.3 Å². The minimum atomic E-state index is -0.351. The zero-order valence-corrected chi connectivity index (χ0v) is 11.8. The topological polar surface area (TPSA) is 95.5 Å². The SMILES string of the molecule is COc1ccccc1-c1[nH][nH]c(=O)c1N=Nc1nccs1. The minimum Gasteiger partial charge on any atom is -0.496 e. The Labute approximate surface area is 123 Å². The lowest BCUT2D eigenvalue weighted by molar-refractivity contribution is 0.416. The third-order valence-corrected chi connectivity index (χ3v) is 3.44. The first kappa shape index (κ1) is 13.3. The molecule has 0 atom stereocenters. The van der Waals surface area contributed by atoms with Crippen LogP contribution in [0, 0.1) is 0 Å². The van der Waals surface area contributed by atoms with E-state index in [1.807, 2.05) is 24.3 Å². The summed E-state index contributed by atoms with van der Waals surface area (Å²) >= 11 is 1.34. The van der Waals surface area contributed by atoms with Crippen molar-refractivity contribution in [1.82, 2.24) is 15.2 Å². The summed E-state index contributed by atoms with van der Waals surface area (Å²) in [5, 5.41) is 15.6. The van der Waals surface area contributed by atoms with E-state index < -0.39 is 0 Å².